The predicted molar refractivity (Wildman–Crippen MR) is 52.5 cm³/mol. The highest BCUT2D eigenvalue weighted by atomic mass is 16.6. The number of amides is 1. The lowest BCUT2D eigenvalue weighted by atomic mass is 10.1. The molecule has 6 heteroatoms. The number of carbonyl (C=O) groups is 2. The molecular formula is C9H17NO5. The van der Waals surface area contributed by atoms with E-state index in [1.165, 1.54) is 0 Å². The van der Waals surface area contributed by atoms with E-state index in [9.17, 15) is 9.59 Å². The molecule has 0 rings (SSSR count). The zero-order valence-corrected chi connectivity index (χ0v) is 9.11. The molecule has 1 atom stereocenters. The van der Waals surface area contributed by atoms with Crippen LogP contribution in [0, 0.1) is 0 Å². The van der Waals surface area contributed by atoms with Gasteiger partial charge in [-0.25, -0.2) is 9.59 Å². The number of aliphatic hydroxyl groups excluding tert-OH is 1. The Labute approximate surface area is 88.2 Å². The summed E-state index contributed by atoms with van der Waals surface area (Å²) in [7, 11) is 0. The van der Waals surface area contributed by atoms with Gasteiger partial charge in [0.1, 0.15) is 11.6 Å². The molecule has 1 unspecified atom stereocenters. The number of hydrogen-bond donors (Lipinski definition) is 3. The molecule has 0 aliphatic carbocycles. The summed E-state index contributed by atoms with van der Waals surface area (Å²) in [6, 6.07) is -1.02. The van der Waals surface area contributed by atoms with Crippen molar-refractivity contribution < 1.29 is 24.5 Å². The molecule has 0 bridgehead atoms. The molecule has 15 heavy (non-hydrogen) atoms. The maximum Gasteiger partial charge on any atom is 0.405 e. The average Bonchev–Trinajstić information content (AvgIpc) is 1.99. The van der Waals surface area contributed by atoms with Gasteiger partial charge < -0.3 is 20.3 Å². The van der Waals surface area contributed by atoms with E-state index in [0.717, 1.165) is 0 Å². The smallest absolute Gasteiger partial charge is 0.405 e. The third kappa shape index (κ3) is 6.73. The van der Waals surface area contributed by atoms with Crippen molar-refractivity contribution in [2.24, 2.45) is 0 Å². The lowest BCUT2D eigenvalue weighted by Crippen LogP contribution is -2.44. The van der Waals surface area contributed by atoms with E-state index in [4.69, 9.17) is 14.9 Å². The normalized spacial score (nSPS) is 13.1. The minimum atomic E-state index is -1.32. The summed E-state index contributed by atoms with van der Waals surface area (Å²) in [5.41, 5.74) is -0.676. The SMILES string of the molecule is CC(C)(C)OC(=O)C(CCO)NC(=O)O. The third-order valence-electron chi connectivity index (χ3n) is 1.41. The molecule has 0 heterocycles. The Morgan fingerprint density at radius 2 is 1.93 bits per heavy atom. The van der Waals surface area contributed by atoms with Gasteiger partial charge >= 0.3 is 12.1 Å². The van der Waals surface area contributed by atoms with Gasteiger partial charge in [0.15, 0.2) is 0 Å². The van der Waals surface area contributed by atoms with E-state index < -0.39 is 23.7 Å². The molecule has 6 nitrogen and oxygen atoms in total. The highest BCUT2D eigenvalue weighted by molar-refractivity contribution is 5.80. The zero-order chi connectivity index (χ0) is 12.1. The largest absolute Gasteiger partial charge is 0.465 e. The van der Waals surface area contributed by atoms with E-state index in [1.54, 1.807) is 20.8 Å². The number of rotatable bonds is 4. The molecule has 0 saturated heterocycles. The van der Waals surface area contributed by atoms with Gasteiger partial charge in [-0.1, -0.05) is 0 Å². The molecule has 3 N–H and O–H groups in total. The van der Waals surface area contributed by atoms with Crippen LogP contribution in [0.1, 0.15) is 27.2 Å². The minimum absolute atomic E-state index is 0.00120. The van der Waals surface area contributed by atoms with Crippen LogP contribution >= 0.6 is 0 Å². The number of aliphatic hydroxyl groups is 1. The molecule has 1 amide bonds. The highest BCUT2D eigenvalue weighted by Gasteiger charge is 2.25. The molecule has 0 aliphatic heterocycles. The average molecular weight is 219 g/mol. The number of carboxylic acid groups (broad SMARTS) is 1. The summed E-state index contributed by atoms with van der Waals surface area (Å²) in [6.07, 6.45) is -1.32. The van der Waals surface area contributed by atoms with Crippen molar-refractivity contribution in [3.8, 4) is 0 Å². The highest BCUT2D eigenvalue weighted by Crippen LogP contribution is 2.09. The third-order valence-corrected chi connectivity index (χ3v) is 1.41. The van der Waals surface area contributed by atoms with Crippen molar-refractivity contribution in [3.63, 3.8) is 0 Å². The van der Waals surface area contributed by atoms with Gasteiger partial charge in [0.05, 0.1) is 0 Å². The van der Waals surface area contributed by atoms with Crippen LogP contribution in [0.2, 0.25) is 0 Å². The molecule has 0 saturated carbocycles. The summed E-state index contributed by atoms with van der Waals surface area (Å²) >= 11 is 0. The van der Waals surface area contributed by atoms with E-state index in [-0.39, 0.29) is 13.0 Å². The molecule has 0 fully saturated rings. The van der Waals surface area contributed by atoms with Gasteiger partial charge in [0.25, 0.3) is 0 Å². The first-order valence-electron chi connectivity index (χ1n) is 4.59. The molecule has 0 spiro atoms. The van der Waals surface area contributed by atoms with Crippen molar-refractivity contribution in [1.29, 1.82) is 0 Å². The fraction of sp³-hybridized carbons (Fsp3) is 0.778. The number of ether oxygens (including phenoxy) is 1. The topological polar surface area (TPSA) is 95.9 Å². The van der Waals surface area contributed by atoms with Crippen molar-refractivity contribution in [3.05, 3.63) is 0 Å². The predicted octanol–water partition coefficient (Wildman–Crippen LogP) is 0.347. The summed E-state index contributed by atoms with van der Waals surface area (Å²) in [5.74, 6) is -0.682. The maximum atomic E-state index is 11.4. The van der Waals surface area contributed by atoms with Crippen LogP contribution in [0.5, 0.6) is 0 Å². The number of esters is 1. The van der Waals surface area contributed by atoms with Gasteiger partial charge in [0, 0.05) is 13.0 Å². The second-order valence-electron chi connectivity index (χ2n) is 4.05. The lowest BCUT2D eigenvalue weighted by Gasteiger charge is -2.23. The number of hydrogen-bond acceptors (Lipinski definition) is 4. The van der Waals surface area contributed by atoms with Gasteiger partial charge in [-0.3, -0.25) is 0 Å². The van der Waals surface area contributed by atoms with Crippen LogP contribution in [0.3, 0.4) is 0 Å². The fourth-order valence-corrected chi connectivity index (χ4v) is 0.900. The number of nitrogens with one attached hydrogen (secondary N) is 1. The Bertz CT molecular complexity index is 233. The molecule has 0 aromatic heterocycles. The summed E-state index contributed by atoms with van der Waals surface area (Å²) in [6.45, 7) is 4.76. The van der Waals surface area contributed by atoms with Crippen LogP contribution in [-0.4, -0.2) is 40.5 Å². The van der Waals surface area contributed by atoms with Crippen molar-refractivity contribution in [2.75, 3.05) is 6.61 Å². The first-order chi connectivity index (χ1) is 6.76. The van der Waals surface area contributed by atoms with E-state index in [0.29, 0.717) is 0 Å². The summed E-state index contributed by atoms with van der Waals surface area (Å²) in [4.78, 5) is 21.8. The minimum Gasteiger partial charge on any atom is -0.465 e. The molecule has 88 valence electrons. The van der Waals surface area contributed by atoms with Gasteiger partial charge in [-0.05, 0) is 20.8 Å². The van der Waals surface area contributed by atoms with Crippen LogP contribution in [0.4, 0.5) is 4.79 Å². The first-order valence-corrected chi connectivity index (χ1v) is 4.59. The zero-order valence-electron chi connectivity index (χ0n) is 9.11. The molecule has 0 radical (unpaired) electrons. The molecule has 0 aromatic carbocycles. The molecule has 0 aromatic rings. The summed E-state index contributed by atoms with van der Waals surface area (Å²) < 4.78 is 4.98. The monoisotopic (exact) mass is 219 g/mol. The van der Waals surface area contributed by atoms with Crippen molar-refractivity contribution in [2.45, 2.75) is 38.8 Å². The summed E-state index contributed by atoms with van der Waals surface area (Å²) in [5, 5.41) is 19.1. The van der Waals surface area contributed by atoms with Crippen LogP contribution in [-0.2, 0) is 9.53 Å². The Kier molecular flexibility index (Phi) is 5.07. The van der Waals surface area contributed by atoms with E-state index in [2.05, 4.69) is 0 Å². The first kappa shape index (κ1) is 13.7. The van der Waals surface area contributed by atoms with Crippen LogP contribution in [0.25, 0.3) is 0 Å². The maximum absolute atomic E-state index is 11.4. The molecule has 0 aliphatic rings. The lowest BCUT2D eigenvalue weighted by molar-refractivity contribution is -0.157. The second-order valence-corrected chi connectivity index (χ2v) is 4.05. The Hall–Kier alpha value is -1.30. The van der Waals surface area contributed by atoms with Crippen LogP contribution < -0.4 is 5.32 Å². The second kappa shape index (κ2) is 5.55. The molecular weight excluding hydrogens is 202 g/mol. The van der Waals surface area contributed by atoms with E-state index in [1.807, 2.05) is 5.32 Å². The van der Waals surface area contributed by atoms with Gasteiger partial charge in [0.2, 0.25) is 0 Å². The van der Waals surface area contributed by atoms with E-state index >= 15 is 0 Å². The Morgan fingerprint density at radius 3 is 2.27 bits per heavy atom. The fourth-order valence-electron chi connectivity index (χ4n) is 0.900. The standard InChI is InChI=1S/C9H17NO5/c1-9(2,3)15-7(12)6(4-5-11)10-8(13)14/h6,10-11H,4-5H2,1-3H3,(H,13,14). The van der Waals surface area contributed by atoms with Crippen molar-refractivity contribution >= 4 is 12.1 Å². The Morgan fingerprint density at radius 1 is 1.40 bits per heavy atom. The van der Waals surface area contributed by atoms with Gasteiger partial charge in [-0.15, -0.1) is 0 Å². The van der Waals surface area contributed by atoms with Gasteiger partial charge in [-0.2, -0.15) is 0 Å². The quantitative estimate of drug-likeness (QED) is 0.593. The van der Waals surface area contributed by atoms with Crippen LogP contribution in [0.15, 0.2) is 0 Å². The van der Waals surface area contributed by atoms with Crippen molar-refractivity contribution in [1.82, 2.24) is 5.32 Å². The Balaban J connectivity index is 4.35. The number of carbonyl (C=O) groups excluding carboxylic acids is 1.